The summed E-state index contributed by atoms with van der Waals surface area (Å²) >= 11 is 0. The van der Waals surface area contributed by atoms with E-state index in [1.807, 2.05) is 45.6 Å². The van der Waals surface area contributed by atoms with Gasteiger partial charge in [-0.05, 0) is 31.9 Å². The second-order valence-corrected chi connectivity index (χ2v) is 9.28. The molecule has 5 heterocycles. The molecule has 33 heavy (non-hydrogen) atoms. The van der Waals surface area contributed by atoms with Gasteiger partial charge in [0.25, 0.3) is 0 Å². The first kappa shape index (κ1) is 20.3. The summed E-state index contributed by atoms with van der Waals surface area (Å²) in [6.45, 7) is 5.57. The number of benzene rings is 1. The Bertz CT molecular complexity index is 1270. The number of fused-ring (bicyclic) bond motifs is 5. The van der Waals surface area contributed by atoms with E-state index in [4.69, 9.17) is 9.26 Å². The average molecular weight is 452 g/mol. The molecule has 3 aliphatic heterocycles. The Hall–Kier alpha value is -3.27. The molecule has 0 bridgehead atoms. The van der Waals surface area contributed by atoms with Crippen LogP contribution in [0.5, 0.6) is 0 Å². The van der Waals surface area contributed by atoms with Crippen LogP contribution in [0.25, 0.3) is 11.0 Å². The molecule has 0 radical (unpaired) electrons. The Morgan fingerprint density at radius 2 is 2.09 bits per heavy atom. The minimum atomic E-state index is -0.453. The maximum Gasteiger partial charge on any atom is 0.206 e. The molecule has 3 atom stereocenters. The predicted octanol–water partition coefficient (Wildman–Crippen LogP) is 2.95. The van der Waals surface area contributed by atoms with E-state index < -0.39 is 5.41 Å². The van der Waals surface area contributed by atoms with Gasteiger partial charge in [-0.2, -0.15) is 5.10 Å². The third kappa shape index (κ3) is 3.15. The number of nitrogens with one attached hydrogen (secondary N) is 1. The zero-order valence-corrected chi connectivity index (χ0v) is 18.8. The summed E-state index contributed by atoms with van der Waals surface area (Å²) in [5.74, 6) is 0.136. The lowest BCUT2D eigenvalue weighted by atomic mass is 9.69. The molecule has 0 unspecified atom stereocenters. The van der Waals surface area contributed by atoms with E-state index in [1.54, 1.807) is 10.9 Å². The highest BCUT2D eigenvalue weighted by Crippen LogP contribution is 2.47. The molecule has 3 aliphatic rings. The lowest BCUT2D eigenvalue weighted by Crippen LogP contribution is -2.65. The second kappa shape index (κ2) is 7.38. The van der Waals surface area contributed by atoms with Crippen molar-refractivity contribution in [1.29, 1.82) is 0 Å². The fraction of sp³-hybridized carbons (Fsp3) is 0.478. The summed E-state index contributed by atoms with van der Waals surface area (Å²) in [6, 6.07) is 1.89. The summed E-state index contributed by atoms with van der Waals surface area (Å²) < 4.78 is 29.4. The quantitative estimate of drug-likeness (QED) is 0.658. The van der Waals surface area contributed by atoms with Crippen molar-refractivity contribution in [3.8, 4) is 0 Å². The first-order chi connectivity index (χ1) is 15.9. The van der Waals surface area contributed by atoms with Crippen LogP contribution < -0.4 is 10.2 Å². The molecule has 6 rings (SSSR count). The molecule has 1 spiro atoms. The van der Waals surface area contributed by atoms with Crippen LogP contribution in [-0.4, -0.2) is 58.8 Å². The van der Waals surface area contributed by atoms with Crippen molar-refractivity contribution in [3.63, 3.8) is 0 Å². The number of aliphatic imine (C=N–C) groups is 2. The zero-order valence-electron chi connectivity index (χ0n) is 18.8. The second-order valence-electron chi connectivity index (χ2n) is 9.28. The minimum Gasteiger partial charge on any atom is -0.372 e. The van der Waals surface area contributed by atoms with E-state index in [2.05, 4.69) is 30.5 Å². The Labute approximate surface area is 190 Å². The first-order valence-electron chi connectivity index (χ1n) is 11.2. The van der Waals surface area contributed by atoms with Crippen LogP contribution in [0.1, 0.15) is 25.0 Å². The van der Waals surface area contributed by atoms with Gasteiger partial charge in [-0.3, -0.25) is 14.7 Å². The van der Waals surface area contributed by atoms with Gasteiger partial charge >= 0.3 is 0 Å². The minimum absolute atomic E-state index is 0.0294. The smallest absolute Gasteiger partial charge is 0.206 e. The van der Waals surface area contributed by atoms with E-state index >= 15 is 4.39 Å². The third-order valence-corrected chi connectivity index (χ3v) is 6.82. The molecule has 1 fully saturated rings. The summed E-state index contributed by atoms with van der Waals surface area (Å²) in [5, 5.41) is 12.2. The Kier molecular flexibility index (Phi) is 4.55. The fourth-order valence-electron chi connectivity index (χ4n) is 5.67. The maximum absolute atomic E-state index is 16.0. The molecule has 1 saturated heterocycles. The van der Waals surface area contributed by atoms with Gasteiger partial charge in [-0.1, -0.05) is 5.16 Å². The predicted molar refractivity (Wildman–Crippen MR) is 124 cm³/mol. The number of ether oxygens (including phenoxy) is 1. The Morgan fingerprint density at radius 1 is 1.27 bits per heavy atom. The molecule has 0 amide bonds. The molecule has 2 aromatic heterocycles. The van der Waals surface area contributed by atoms with Crippen LogP contribution in [0.15, 0.2) is 33.0 Å². The topological polar surface area (TPSA) is 93.1 Å². The molecular weight excluding hydrogens is 425 g/mol. The molecule has 172 valence electrons. The van der Waals surface area contributed by atoms with E-state index in [0.29, 0.717) is 43.1 Å². The standard InChI is InChI=1S/C23H26FN7O2/c1-13-8-31-19-16(5-23(10-25-12-26-11-23)21(31)14(2)32-13)4-17-20(18(19)24)33-29-22(17)27-6-15-7-28-30(3)9-15/h4,7,9-11,13-14,21H,5-6,8,12H2,1-3H3,(H,27,29)/t13-,14+,21-/m0/s1. The third-order valence-electron chi connectivity index (χ3n) is 6.82. The van der Waals surface area contributed by atoms with Gasteiger partial charge in [0.1, 0.15) is 6.67 Å². The number of halogens is 1. The van der Waals surface area contributed by atoms with Crippen molar-refractivity contribution in [1.82, 2.24) is 14.9 Å². The van der Waals surface area contributed by atoms with Crippen molar-refractivity contribution in [2.75, 3.05) is 23.4 Å². The van der Waals surface area contributed by atoms with Gasteiger partial charge in [0.05, 0.1) is 40.9 Å². The lowest BCUT2D eigenvalue weighted by Gasteiger charge is -2.54. The number of anilines is 2. The molecule has 10 heteroatoms. The van der Waals surface area contributed by atoms with Gasteiger partial charge in [0, 0.05) is 44.3 Å². The van der Waals surface area contributed by atoms with Crippen LogP contribution in [0.3, 0.4) is 0 Å². The molecule has 3 aromatic rings. The highest BCUT2D eigenvalue weighted by Gasteiger charge is 2.52. The van der Waals surface area contributed by atoms with Crippen LogP contribution in [0.4, 0.5) is 15.9 Å². The summed E-state index contributed by atoms with van der Waals surface area (Å²) in [5.41, 5.74) is 2.17. The highest BCUT2D eigenvalue weighted by molar-refractivity contribution is 5.97. The average Bonchev–Trinajstić information content (AvgIpc) is 3.38. The SMILES string of the molecule is C[C@H]1CN2c3c(cc4c(NCc5cnn(C)c5)noc4c3F)CC3(C=NCN=C3)[C@@H]2[C@@H](C)O1. The monoisotopic (exact) mass is 451 g/mol. The number of morpholine rings is 1. The molecule has 1 N–H and O–H groups in total. The lowest BCUT2D eigenvalue weighted by molar-refractivity contribution is -0.0432. The number of rotatable bonds is 3. The summed E-state index contributed by atoms with van der Waals surface area (Å²) in [7, 11) is 1.87. The van der Waals surface area contributed by atoms with Crippen molar-refractivity contribution in [2.24, 2.45) is 22.4 Å². The van der Waals surface area contributed by atoms with Crippen LogP contribution in [-0.2, 0) is 24.8 Å². The van der Waals surface area contributed by atoms with Crippen molar-refractivity contribution in [2.45, 2.75) is 45.1 Å². The fourth-order valence-corrected chi connectivity index (χ4v) is 5.67. The highest BCUT2D eigenvalue weighted by atomic mass is 19.1. The molecular formula is C23H26FN7O2. The summed E-state index contributed by atoms with van der Waals surface area (Å²) in [6.07, 6.45) is 8.10. The zero-order chi connectivity index (χ0) is 22.7. The van der Waals surface area contributed by atoms with E-state index in [-0.39, 0.29) is 29.7 Å². The van der Waals surface area contributed by atoms with Gasteiger partial charge < -0.3 is 19.5 Å². The van der Waals surface area contributed by atoms with Gasteiger partial charge in [-0.25, -0.2) is 4.39 Å². The number of aromatic nitrogens is 3. The van der Waals surface area contributed by atoms with Gasteiger partial charge in [-0.15, -0.1) is 0 Å². The van der Waals surface area contributed by atoms with Crippen molar-refractivity contribution < 1.29 is 13.7 Å². The molecule has 9 nitrogen and oxygen atoms in total. The van der Waals surface area contributed by atoms with Crippen LogP contribution in [0.2, 0.25) is 0 Å². The molecule has 1 aromatic carbocycles. The number of hydrogen-bond donors (Lipinski definition) is 1. The number of nitrogens with zero attached hydrogens (tertiary/aromatic N) is 6. The Balaban J connectivity index is 1.45. The molecule has 0 aliphatic carbocycles. The van der Waals surface area contributed by atoms with E-state index in [0.717, 1.165) is 11.1 Å². The van der Waals surface area contributed by atoms with Crippen molar-refractivity contribution >= 4 is 34.9 Å². The van der Waals surface area contributed by atoms with E-state index in [9.17, 15) is 0 Å². The summed E-state index contributed by atoms with van der Waals surface area (Å²) in [4.78, 5) is 11.1. The first-order valence-corrected chi connectivity index (χ1v) is 11.2. The van der Waals surface area contributed by atoms with Gasteiger partial charge in [0.15, 0.2) is 11.6 Å². The molecule has 0 saturated carbocycles. The largest absolute Gasteiger partial charge is 0.372 e. The maximum atomic E-state index is 16.0. The number of hydrogen-bond acceptors (Lipinski definition) is 8. The van der Waals surface area contributed by atoms with Crippen molar-refractivity contribution in [3.05, 3.63) is 35.4 Å². The van der Waals surface area contributed by atoms with Crippen LogP contribution in [0, 0.1) is 11.2 Å². The van der Waals surface area contributed by atoms with Crippen LogP contribution >= 0.6 is 0 Å². The normalized spacial score (nSPS) is 25.5. The Morgan fingerprint density at radius 3 is 2.85 bits per heavy atom. The number of aryl methyl sites for hydroxylation is 1. The van der Waals surface area contributed by atoms with Gasteiger partial charge in [0.2, 0.25) is 5.58 Å². The van der Waals surface area contributed by atoms with E-state index in [1.165, 1.54) is 0 Å².